The molecule has 0 aliphatic heterocycles. The fraction of sp³-hybridized carbons (Fsp3) is 0.389. The van der Waals surface area contributed by atoms with E-state index in [9.17, 15) is 13.2 Å². The summed E-state index contributed by atoms with van der Waals surface area (Å²) < 4.78 is 50.6. The minimum atomic E-state index is -4.55. The van der Waals surface area contributed by atoms with E-state index < -0.39 is 11.7 Å². The van der Waals surface area contributed by atoms with Crippen molar-refractivity contribution < 1.29 is 22.0 Å². The van der Waals surface area contributed by atoms with Gasteiger partial charge in [0.2, 0.25) is 11.8 Å². The minimum Gasteiger partial charge on any atom is -0.443 e. The number of pyridine rings is 1. The number of rotatable bonds is 4. The van der Waals surface area contributed by atoms with E-state index in [4.69, 9.17) is 8.83 Å². The minimum absolute atomic E-state index is 0.0222. The molecule has 3 aromatic heterocycles. The molecule has 3 heterocycles. The Balaban J connectivity index is 2.12. The van der Waals surface area contributed by atoms with E-state index >= 15 is 0 Å². The van der Waals surface area contributed by atoms with E-state index in [0.29, 0.717) is 11.4 Å². The summed E-state index contributed by atoms with van der Waals surface area (Å²) in [5, 5.41) is 0. The summed E-state index contributed by atoms with van der Waals surface area (Å²) in [5.74, 6) is 0.213. The van der Waals surface area contributed by atoms with Gasteiger partial charge in [-0.15, -0.1) is 0 Å². The second-order valence-electron chi connectivity index (χ2n) is 6.59. The monoisotopic (exact) mass is 365 g/mol. The van der Waals surface area contributed by atoms with Crippen molar-refractivity contribution in [2.75, 3.05) is 0 Å². The van der Waals surface area contributed by atoms with E-state index in [1.54, 1.807) is 0 Å². The normalized spacial score (nSPS) is 12.3. The summed E-state index contributed by atoms with van der Waals surface area (Å²) in [5.41, 5.74) is 0.362. The largest absolute Gasteiger partial charge is 0.443 e. The lowest BCUT2D eigenvalue weighted by Gasteiger charge is -2.09. The smallest absolute Gasteiger partial charge is 0.416 e. The standard InChI is InChI=1S/C18H18F3N3O2/c1-9(2)14-7-25-16(23-14)12-5-11(18(19,20)21)6-13(22-12)17-24-15(8-26-17)10(3)4/h5-10H,1-4H3. The zero-order chi connectivity index (χ0) is 19.1. The summed E-state index contributed by atoms with van der Waals surface area (Å²) in [7, 11) is 0. The van der Waals surface area contributed by atoms with Gasteiger partial charge < -0.3 is 8.83 Å². The van der Waals surface area contributed by atoms with Crippen LogP contribution in [0.5, 0.6) is 0 Å². The Kier molecular flexibility index (Phi) is 4.60. The van der Waals surface area contributed by atoms with Gasteiger partial charge in [-0.05, 0) is 24.0 Å². The third-order valence-electron chi connectivity index (χ3n) is 3.82. The van der Waals surface area contributed by atoms with E-state index in [1.807, 2.05) is 27.7 Å². The highest BCUT2D eigenvalue weighted by molar-refractivity contribution is 5.58. The first-order valence-corrected chi connectivity index (χ1v) is 8.16. The van der Waals surface area contributed by atoms with Crippen LogP contribution in [0, 0.1) is 0 Å². The van der Waals surface area contributed by atoms with E-state index in [0.717, 1.165) is 12.1 Å². The molecule has 0 bridgehead atoms. The average Bonchev–Trinajstić information content (AvgIpc) is 3.23. The number of alkyl halides is 3. The Morgan fingerprint density at radius 1 is 0.769 bits per heavy atom. The molecule has 0 aromatic carbocycles. The van der Waals surface area contributed by atoms with Gasteiger partial charge in [0.1, 0.15) is 23.9 Å². The Morgan fingerprint density at radius 2 is 1.19 bits per heavy atom. The predicted molar refractivity (Wildman–Crippen MR) is 88.4 cm³/mol. The molecule has 3 aromatic rings. The van der Waals surface area contributed by atoms with Crippen molar-refractivity contribution in [1.29, 1.82) is 0 Å². The van der Waals surface area contributed by atoms with Gasteiger partial charge in [-0.25, -0.2) is 15.0 Å². The summed E-state index contributed by atoms with van der Waals surface area (Å²) in [6.07, 6.45) is -1.71. The van der Waals surface area contributed by atoms with Crippen LogP contribution < -0.4 is 0 Å². The maximum Gasteiger partial charge on any atom is 0.416 e. The van der Waals surface area contributed by atoms with Crippen molar-refractivity contribution in [3.8, 4) is 23.2 Å². The van der Waals surface area contributed by atoms with Crippen molar-refractivity contribution in [2.45, 2.75) is 45.7 Å². The molecule has 0 amide bonds. The third-order valence-corrected chi connectivity index (χ3v) is 3.82. The average molecular weight is 365 g/mol. The molecule has 0 N–H and O–H groups in total. The lowest BCUT2D eigenvalue weighted by atomic mass is 10.1. The second kappa shape index (κ2) is 6.59. The molecule has 0 fully saturated rings. The highest BCUT2D eigenvalue weighted by Crippen LogP contribution is 2.34. The lowest BCUT2D eigenvalue weighted by Crippen LogP contribution is -2.07. The van der Waals surface area contributed by atoms with Crippen LogP contribution in [-0.2, 0) is 6.18 Å². The molecule has 138 valence electrons. The lowest BCUT2D eigenvalue weighted by molar-refractivity contribution is -0.137. The van der Waals surface area contributed by atoms with Crippen LogP contribution in [0.25, 0.3) is 23.2 Å². The maximum absolute atomic E-state index is 13.3. The molecule has 0 unspecified atom stereocenters. The molecule has 0 atom stereocenters. The van der Waals surface area contributed by atoms with Gasteiger partial charge in [0, 0.05) is 0 Å². The maximum atomic E-state index is 13.3. The summed E-state index contributed by atoms with van der Waals surface area (Å²) in [6, 6.07) is 1.82. The van der Waals surface area contributed by atoms with Gasteiger partial charge in [-0.3, -0.25) is 0 Å². The quantitative estimate of drug-likeness (QED) is 0.597. The number of nitrogens with zero attached hydrogens (tertiary/aromatic N) is 3. The fourth-order valence-electron chi connectivity index (χ4n) is 2.25. The van der Waals surface area contributed by atoms with Crippen molar-refractivity contribution in [3.05, 3.63) is 41.6 Å². The number of aromatic nitrogens is 3. The van der Waals surface area contributed by atoms with Gasteiger partial charge in [0.25, 0.3) is 0 Å². The Bertz CT molecular complexity index is 846. The number of hydrogen-bond acceptors (Lipinski definition) is 5. The van der Waals surface area contributed by atoms with Crippen molar-refractivity contribution in [1.82, 2.24) is 15.0 Å². The van der Waals surface area contributed by atoms with Crippen LogP contribution in [0.15, 0.2) is 33.5 Å². The summed E-state index contributed by atoms with van der Waals surface area (Å²) in [4.78, 5) is 12.7. The summed E-state index contributed by atoms with van der Waals surface area (Å²) in [6.45, 7) is 7.64. The van der Waals surface area contributed by atoms with Crippen LogP contribution in [0.1, 0.15) is 56.5 Å². The molecular formula is C18H18F3N3O2. The third kappa shape index (κ3) is 3.63. The number of oxazole rings is 2. The van der Waals surface area contributed by atoms with Crippen molar-refractivity contribution in [3.63, 3.8) is 0 Å². The SMILES string of the molecule is CC(C)c1coc(-c2cc(C(F)(F)F)cc(-c3nc(C(C)C)co3)n2)n1. The Morgan fingerprint density at radius 3 is 1.50 bits per heavy atom. The fourth-order valence-corrected chi connectivity index (χ4v) is 2.25. The van der Waals surface area contributed by atoms with Crippen LogP contribution in [0.2, 0.25) is 0 Å². The first kappa shape index (κ1) is 18.2. The molecule has 3 rings (SSSR count). The summed E-state index contributed by atoms with van der Waals surface area (Å²) >= 11 is 0. The molecule has 8 heteroatoms. The Labute approximate surface area is 148 Å². The molecule has 0 saturated carbocycles. The number of halogens is 3. The first-order chi connectivity index (χ1) is 12.1. The van der Waals surface area contributed by atoms with Gasteiger partial charge in [-0.1, -0.05) is 27.7 Å². The van der Waals surface area contributed by atoms with Crippen LogP contribution in [-0.4, -0.2) is 15.0 Å². The van der Waals surface area contributed by atoms with Crippen LogP contribution in [0.3, 0.4) is 0 Å². The van der Waals surface area contributed by atoms with Gasteiger partial charge in [0.15, 0.2) is 0 Å². The first-order valence-electron chi connectivity index (χ1n) is 8.16. The predicted octanol–water partition coefficient (Wildman–Crippen LogP) is 5.66. The van der Waals surface area contributed by atoms with Crippen LogP contribution in [0.4, 0.5) is 13.2 Å². The van der Waals surface area contributed by atoms with Crippen molar-refractivity contribution >= 4 is 0 Å². The van der Waals surface area contributed by atoms with Gasteiger partial charge in [0.05, 0.1) is 17.0 Å². The number of hydrogen-bond donors (Lipinski definition) is 0. The highest BCUT2D eigenvalue weighted by Gasteiger charge is 2.33. The zero-order valence-corrected chi connectivity index (χ0v) is 14.8. The van der Waals surface area contributed by atoms with E-state index in [-0.39, 0.29) is 35.0 Å². The molecule has 0 saturated heterocycles. The topological polar surface area (TPSA) is 65.0 Å². The van der Waals surface area contributed by atoms with E-state index in [1.165, 1.54) is 12.5 Å². The Hall–Kier alpha value is -2.64. The highest BCUT2D eigenvalue weighted by atomic mass is 19.4. The molecule has 5 nitrogen and oxygen atoms in total. The molecule has 0 aliphatic carbocycles. The van der Waals surface area contributed by atoms with Crippen molar-refractivity contribution in [2.24, 2.45) is 0 Å². The molecular weight excluding hydrogens is 347 g/mol. The molecule has 0 aliphatic rings. The molecule has 26 heavy (non-hydrogen) atoms. The van der Waals surface area contributed by atoms with E-state index in [2.05, 4.69) is 15.0 Å². The van der Waals surface area contributed by atoms with Gasteiger partial charge in [-0.2, -0.15) is 13.2 Å². The molecule has 0 radical (unpaired) electrons. The second-order valence-corrected chi connectivity index (χ2v) is 6.59. The van der Waals surface area contributed by atoms with Gasteiger partial charge >= 0.3 is 6.18 Å². The molecule has 0 spiro atoms. The zero-order valence-electron chi connectivity index (χ0n) is 14.8. The van der Waals surface area contributed by atoms with Crippen LogP contribution >= 0.6 is 0 Å².